The van der Waals surface area contributed by atoms with Crippen molar-refractivity contribution in [3.05, 3.63) is 109 Å². The number of benzene rings is 4. The molecule has 0 unspecified atom stereocenters. The largest absolute Gasteiger partial charge is 0.331 e. The molecule has 4 N–H and O–H groups in total. The second kappa shape index (κ2) is 17.3. The minimum Gasteiger partial charge on any atom is -0.331 e. The molecule has 0 fully saturated rings. The number of rotatable bonds is 13. The summed E-state index contributed by atoms with van der Waals surface area (Å²) in [7, 11) is 3.01. The van der Waals surface area contributed by atoms with Gasteiger partial charge in [0.25, 0.3) is 0 Å². The van der Waals surface area contributed by atoms with E-state index in [0.717, 1.165) is 57.8 Å². The van der Waals surface area contributed by atoms with Gasteiger partial charge in [-0.2, -0.15) is 0 Å². The molecule has 12 heteroatoms. The van der Waals surface area contributed by atoms with E-state index in [4.69, 9.17) is 21.4 Å². The van der Waals surface area contributed by atoms with Gasteiger partial charge in [-0.05, 0) is 46.2 Å². The van der Waals surface area contributed by atoms with E-state index in [1.807, 2.05) is 9.80 Å². The Morgan fingerprint density at radius 2 is 1.00 bits per heavy atom. The molecular formula is C46H54N8O2S2. The van der Waals surface area contributed by atoms with Gasteiger partial charge in [-0.3, -0.25) is 9.59 Å². The molecule has 2 aliphatic rings. The summed E-state index contributed by atoms with van der Waals surface area (Å²) >= 11 is 0. The number of carbonyl (C=O) groups is 2. The van der Waals surface area contributed by atoms with Gasteiger partial charge in [0.2, 0.25) is 11.8 Å². The third-order valence-corrected chi connectivity index (χ3v) is 13.9. The second-order valence-electron chi connectivity index (χ2n) is 16.5. The maximum atomic E-state index is 14.0. The molecule has 0 radical (unpaired) electrons. The fraction of sp³-hybridized carbons (Fsp3) is 0.391. The lowest BCUT2D eigenvalue weighted by Gasteiger charge is -2.38. The summed E-state index contributed by atoms with van der Waals surface area (Å²) < 4.78 is 4.43. The van der Waals surface area contributed by atoms with Crippen LogP contribution in [0, 0.1) is 11.8 Å². The molecule has 8 rings (SSSR count). The summed E-state index contributed by atoms with van der Waals surface area (Å²) in [6, 6.07) is 27.7. The molecule has 58 heavy (non-hydrogen) atoms. The van der Waals surface area contributed by atoms with Crippen molar-refractivity contribution in [1.29, 1.82) is 0 Å². The van der Waals surface area contributed by atoms with Crippen molar-refractivity contribution in [3.63, 3.8) is 0 Å². The van der Waals surface area contributed by atoms with Gasteiger partial charge in [-0.1, -0.05) is 134 Å². The lowest BCUT2D eigenvalue weighted by molar-refractivity contribution is -0.137. The first-order valence-corrected chi connectivity index (χ1v) is 23.0. The number of nitrogens with zero attached hydrogens (tertiary/aromatic N) is 6. The number of carbonyl (C=O) groups excluding carboxylic acids is 2. The highest BCUT2D eigenvalue weighted by molar-refractivity contribution is 8.76. The number of hydrogen-bond donors (Lipinski definition) is 2. The van der Waals surface area contributed by atoms with Crippen LogP contribution in [-0.2, 0) is 22.7 Å². The highest BCUT2D eigenvalue weighted by atomic mass is 33.1. The third-order valence-electron chi connectivity index (χ3n) is 11.4. The van der Waals surface area contributed by atoms with Gasteiger partial charge in [0, 0.05) is 61.2 Å². The molecule has 0 spiro atoms. The molecule has 0 aliphatic carbocycles. The van der Waals surface area contributed by atoms with E-state index < -0.39 is 12.1 Å². The van der Waals surface area contributed by atoms with Gasteiger partial charge in [-0.15, -0.1) is 0 Å². The SMILES string of the molecule is CC(C)C[C@H]1c2nc(-c3cccc4ccccc34)cn2CCN1C(=O)[C@H](N)CSSC[C@@H](N)C(=O)N1CCn2cc(-c3cccc4ccccc34)nc2[C@@H]1CC(C)C. The first-order valence-electron chi connectivity index (χ1n) is 20.5. The number of hydrogen-bond acceptors (Lipinski definition) is 8. The zero-order valence-corrected chi connectivity index (χ0v) is 35.5. The molecule has 0 bridgehead atoms. The number of nitrogens with two attached hydrogens (primary N) is 2. The van der Waals surface area contributed by atoms with Crippen LogP contribution in [0.5, 0.6) is 0 Å². The van der Waals surface area contributed by atoms with Gasteiger partial charge in [-0.25, -0.2) is 9.97 Å². The molecule has 4 heterocycles. The molecule has 4 aromatic carbocycles. The Hall–Kier alpha value is -4.62. The Bertz CT molecular complexity index is 2250. The normalized spacial score (nSPS) is 17.9. The number of imidazole rings is 2. The van der Waals surface area contributed by atoms with E-state index in [-0.39, 0.29) is 23.9 Å². The van der Waals surface area contributed by atoms with Crippen molar-refractivity contribution in [2.75, 3.05) is 24.6 Å². The quantitative estimate of drug-likeness (QED) is 0.0881. The molecule has 6 aromatic rings. The average molecular weight is 815 g/mol. The van der Waals surface area contributed by atoms with Gasteiger partial charge >= 0.3 is 0 Å². The Labute approximate surface area is 349 Å². The first kappa shape index (κ1) is 40.2. The lowest BCUT2D eigenvalue weighted by Crippen LogP contribution is -2.50. The fourth-order valence-electron chi connectivity index (χ4n) is 8.63. The lowest BCUT2D eigenvalue weighted by atomic mass is 9.99. The Kier molecular flexibility index (Phi) is 12.0. The number of fused-ring (bicyclic) bond motifs is 4. The first-order chi connectivity index (χ1) is 28.1. The van der Waals surface area contributed by atoms with Gasteiger partial charge in [0.05, 0.1) is 35.6 Å². The van der Waals surface area contributed by atoms with Crippen molar-refractivity contribution in [1.82, 2.24) is 28.9 Å². The molecule has 0 saturated heterocycles. The van der Waals surface area contributed by atoms with Crippen LogP contribution in [0.3, 0.4) is 0 Å². The summed E-state index contributed by atoms with van der Waals surface area (Å²) in [5.41, 5.74) is 17.3. The minimum atomic E-state index is -0.689. The molecule has 2 aromatic heterocycles. The van der Waals surface area contributed by atoms with Crippen molar-refractivity contribution in [2.24, 2.45) is 23.3 Å². The van der Waals surface area contributed by atoms with Crippen LogP contribution in [0.2, 0.25) is 0 Å². The van der Waals surface area contributed by atoms with E-state index in [9.17, 15) is 9.59 Å². The Morgan fingerprint density at radius 1 is 0.603 bits per heavy atom. The van der Waals surface area contributed by atoms with E-state index in [1.54, 1.807) is 0 Å². The van der Waals surface area contributed by atoms with Crippen LogP contribution in [0.4, 0.5) is 0 Å². The van der Waals surface area contributed by atoms with Crippen LogP contribution < -0.4 is 11.5 Å². The van der Waals surface area contributed by atoms with Crippen molar-refractivity contribution in [2.45, 2.75) is 77.8 Å². The maximum absolute atomic E-state index is 14.0. The van der Waals surface area contributed by atoms with E-state index in [0.29, 0.717) is 49.5 Å². The smallest absolute Gasteiger partial charge is 0.241 e. The van der Waals surface area contributed by atoms with Gasteiger partial charge < -0.3 is 30.4 Å². The molecule has 2 aliphatic heterocycles. The monoisotopic (exact) mass is 814 g/mol. The van der Waals surface area contributed by atoms with Gasteiger partial charge in [0.1, 0.15) is 11.6 Å². The van der Waals surface area contributed by atoms with Crippen molar-refractivity contribution >= 4 is 54.9 Å². The van der Waals surface area contributed by atoms with E-state index in [2.05, 4.69) is 134 Å². The third kappa shape index (κ3) is 8.16. The predicted molar refractivity (Wildman–Crippen MR) is 239 cm³/mol. The molecule has 2 amide bonds. The summed E-state index contributed by atoms with van der Waals surface area (Å²) in [4.78, 5) is 42.3. The van der Waals surface area contributed by atoms with E-state index in [1.165, 1.54) is 32.4 Å². The number of amides is 2. The second-order valence-corrected chi connectivity index (χ2v) is 19.1. The fourth-order valence-corrected chi connectivity index (χ4v) is 10.9. The summed E-state index contributed by atoms with van der Waals surface area (Å²) in [5.74, 6) is 3.24. The maximum Gasteiger partial charge on any atom is 0.241 e. The van der Waals surface area contributed by atoms with Crippen LogP contribution in [-0.4, -0.2) is 77.4 Å². The number of aromatic nitrogens is 4. The molecule has 10 nitrogen and oxygen atoms in total. The zero-order valence-electron chi connectivity index (χ0n) is 33.8. The zero-order chi connectivity index (χ0) is 40.5. The van der Waals surface area contributed by atoms with Crippen LogP contribution in [0.15, 0.2) is 97.3 Å². The van der Waals surface area contributed by atoms with Crippen molar-refractivity contribution in [3.8, 4) is 22.5 Å². The van der Waals surface area contributed by atoms with E-state index >= 15 is 0 Å². The van der Waals surface area contributed by atoms with Gasteiger partial charge in [0.15, 0.2) is 0 Å². The topological polar surface area (TPSA) is 128 Å². The van der Waals surface area contributed by atoms with Crippen molar-refractivity contribution < 1.29 is 9.59 Å². The van der Waals surface area contributed by atoms with Crippen LogP contribution >= 0.6 is 21.6 Å². The Balaban J connectivity index is 0.898. The Morgan fingerprint density at radius 3 is 1.41 bits per heavy atom. The summed E-state index contributed by atoms with van der Waals surface area (Å²) in [6.07, 6.45) is 5.86. The van der Waals surface area contributed by atoms with Crippen LogP contribution in [0.25, 0.3) is 44.1 Å². The standard InChI is InChI=1S/C46H54N8O2S2/c1-29(2)23-41-43-49-39(35-17-9-13-31-11-5-7-15-33(31)35)25-51(43)19-21-53(41)45(55)37(47)27-57-58-28-38(48)46(56)54-22-20-52-26-40(50-44(52)42(54)24-30(3)4)36-18-10-14-32-12-6-8-16-34(32)36/h5-18,25-26,29-30,37-38,41-42H,19-24,27-28,47-48H2,1-4H3/t37-,38-,41+,42+/m1/s1. The average Bonchev–Trinajstić information content (AvgIpc) is 3.87. The highest BCUT2D eigenvalue weighted by Crippen LogP contribution is 2.38. The minimum absolute atomic E-state index is 0.0664. The molecule has 4 atom stereocenters. The molecular weight excluding hydrogens is 761 g/mol. The molecule has 302 valence electrons. The molecule has 0 saturated carbocycles. The van der Waals surface area contributed by atoms with Crippen LogP contribution in [0.1, 0.15) is 64.3 Å². The predicted octanol–water partition coefficient (Wildman–Crippen LogP) is 8.32. The highest BCUT2D eigenvalue weighted by Gasteiger charge is 2.37. The summed E-state index contributed by atoms with van der Waals surface area (Å²) in [5, 5.41) is 4.68. The summed E-state index contributed by atoms with van der Waals surface area (Å²) in [6.45, 7) is 11.2.